The second kappa shape index (κ2) is 7.98. The molecule has 0 aromatic carbocycles. The maximum atomic E-state index is 4.76. The average Bonchev–Trinajstić information content (AvgIpc) is 3.11. The average molecular weight is 373 g/mol. The summed E-state index contributed by atoms with van der Waals surface area (Å²) >= 11 is 1.85. The van der Waals surface area contributed by atoms with E-state index in [1.165, 1.54) is 21.3 Å². The van der Waals surface area contributed by atoms with Crippen molar-refractivity contribution in [3.8, 4) is 0 Å². The van der Waals surface area contributed by atoms with Gasteiger partial charge in [-0.05, 0) is 13.5 Å². The summed E-state index contributed by atoms with van der Waals surface area (Å²) in [7, 11) is 2.19. The molecule has 4 rings (SSSR count). The molecule has 1 fully saturated rings. The van der Waals surface area contributed by atoms with Gasteiger partial charge in [0.1, 0.15) is 5.82 Å². The number of nitrogens with zero attached hydrogens (tertiary/aromatic N) is 6. The van der Waals surface area contributed by atoms with Crippen molar-refractivity contribution in [2.75, 3.05) is 44.7 Å². The first-order chi connectivity index (χ1) is 12.7. The van der Waals surface area contributed by atoms with Gasteiger partial charge in [0.15, 0.2) is 5.13 Å². The molecule has 4 heterocycles. The molecule has 0 bridgehead atoms. The third kappa shape index (κ3) is 4.05. The number of likely N-dealkylation sites (N-methyl/N-ethyl adjacent to an activating group) is 1. The Balaban J connectivity index is 1.37. The third-order valence-electron chi connectivity index (χ3n) is 5.23. The number of fused-ring (bicyclic) bond motifs is 1. The van der Waals surface area contributed by atoms with Crippen molar-refractivity contribution < 1.29 is 0 Å². The second-order valence-corrected chi connectivity index (χ2v) is 8.46. The van der Waals surface area contributed by atoms with E-state index < -0.39 is 0 Å². The van der Waals surface area contributed by atoms with Gasteiger partial charge < -0.3 is 9.80 Å². The molecule has 0 saturated carbocycles. The Hall–Kier alpha value is -1.57. The lowest BCUT2D eigenvalue weighted by Crippen LogP contribution is -2.44. The number of aryl methyl sites for hydroxylation is 1. The monoisotopic (exact) mass is 372 g/mol. The van der Waals surface area contributed by atoms with Crippen LogP contribution in [-0.4, -0.2) is 64.5 Å². The van der Waals surface area contributed by atoms with Gasteiger partial charge in [0.25, 0.3) is 0 Å². The van der Waals surface area contributed by atoms with Crippen molar-refractivity contribution >= 4 is 16.5 Å². The summed E-state index contributed by atoms with van der Waals surface area (Å²) in [5.41, 5.74) is 2.54. The Morgan fingerprint density at radius 1 is 1.08 bits per heavy atom. The normalized spacial score (nSPS) is 18.9. The van der Waals surface area contributed by atoms with Crippen LogP contribution in [0, 0.1) is 0 Å². The molecule has 1 saturated heterocycles. The van der Waals surface area contributed by atoms with Crippen LogP contribution in [0.3, 0.4) is 0 Å². The van der Waals surface area contributed by atoms with E-state index in [-0.39, 0.29) is 0 Å². The lowest BCUT2D eigenvalue weighted by Gasteiger charge is -2.32. The minimum absolute atomic E-state index is 0.948. The molecular formula is C19H28N6S. The predicted molar refractivity (Wildman–Crippen MR) is 106 cm³/mol. The van der Waals surface area contributed by atoms with Crippen molar-refractivity contribution in [1.29, 1.82) is 0 Å². The number of hydrogen-bond acceptors (Lipinski definition) is 7. The van der Waals surface area contributed by atoms with E-state index in [0.717, 1.165) is 70.9 Å². The molecule has 26 heavy (non-hydrogen) atoms. The van der Waals surface area contributed by atoms with E-state index in [4.69, 9.17) is 4.98 Å². The van der Waals surface area contributed by atoms with Crippen LogP contribution in [0.4, 0.5) is 5.13 Å². The van der Waals surface area contributed by atoms with Gasteiger partial charge in [-0.2, -0.15) is 0 Å². The topological polar surface area (TPSA) is 48.4 Å². The first-order valence-corrected chi connectivity index (χ1v) is 10.5. The summed E-state index contributed by atoms with van der Waals surface area (Å²) in [6.07, 6.45) is 7.22. The van der Waals surface area contributed by atoms with E-state index in [9.17, 15) is 0 Å². The van der Waals surface area contributed by atoms with Crippen LogP contribution in [0.15, 0.2) is 12.4 Å². The SMILES string of the molecule is CCCc1ncc2c(n1)CCN(Cc1cnc(N3CCN(C)CC3)s1)C2. The summed E-state index contributed by atoms with van der Waals surface area (Å²) in [5, 5.41) is 1.18. The van der Waals surface area contributed by atoms with Crippen LogP contribution in [0.2, 0.25) is 0 Å². The van der Waals surface area contributed by atoms with Crippen LogP contribution < -0.4 is 4.90 Å². The summed E-state index contributed by atoms with van der Waals surface area (Å²) in [5.74, 6) is 0.999. The van der Waals surface area contributed by atoms with Crippen molar-refractivity contribution in [2.45, 2.75) is 39.3 Å². The van der Waals surface area contributed by atoms with E-state index in [2.05, 4.69) is 44.8 Å². The lowest BCUT2D eigenvalue weighted by molar-refractivity contribution is 0.244. The predicted octanol–water partition coefficient (Wildman–Crippen LogP) is 2.20. The van der Waals surface area contributed by atoms with Crippen LogP contribution in [0.1, 0.15) is 35.3 Å². The van der Waals surface area contributed by atoms with Gasteiger partial charge in [-0.25, -0.2) is 15.0 Å². The van der Waals surface area contributed by atoms with Crippen LogP contribution >= 0.6 is 11.3 Å². The Bertz CT molecular complexity index is 737. The molecule has 140 valence electrons. The zero-order valence-corrected chi connectivity index (χ0v) is 16.6. The molecule has 7 heteroatoms. The fourth-order valence-corrected chi connectivity index (χ4v) is 4.63. The molecule has 0 spiro atoms. The van der Waals surface area contributed by atoms with Crippen molar-refractivity contribution in [3.63, 3.8) is 0 Å². The van der Waals surface area contributed by atoms with Gasteiger partial charge in [-0.1, -0.05) is 6.92 Å². The fourth-order valence-electron chi connectivity index (χ4n) is 3.63. The van der Waals surface area contributed by atoms with Gasteiger partial charge in [-0.3, -0.25) is 4.90 Å². The maximum Gasteiger partial charge on any atom is 0.185 e. The first-order valence-electron chi connectivity index (χ1n) is 9.65. The number of anilines is 1. The Kier molecular flexibility index (Phi) is 5.47. The van der Waals surface area contributed by atoms with Gasteiger partial charge in [0.2, 0.25) is 0 Å². The number of aromatic nitrogens is 3. The Labute approximate surface area is 159 Å². The molecular weight excluding hydrogens is 344 g/mol. The molecule has 2 aromatic rings. The summed E-state index contributed by atoms with van der Waals surface area (Å²) < 4.78 is 0. The minimum atomic E-state index is 0.948. The molecule has 0 unspecified atom stereocenters. The smallest absolute Gasteiger partial charge is 0.185 e. The van der Waals surface area contributed by atoms with Gasteiger partial charge in [0, 0.05) is 87.2 Å². The van der Waals surface area contributed by atoms with Gasteiger partial charge in [-0.15, -0.1) is 11.3 Å². The zero-order chi connectivity index (χ0) is 17.9. The molecule has 0 radical (unpaired) electrons. The van der Waals surface area contributed by atoms with E-state index in [0.29, 0.717) is 0 Å². The number of thiazole rings is 1. The molecule has 2 aliphatic rings. The molecule has 0 atom stereocenters. The molecule has 2 aliphatic heterocycles. The summed E-state index contributed by atoms with van der Waals surface area (Å²) in [6.45, 7) is 9.57. The molecule has 2 aromatic heterocycles. The van der Waals surface area contributed by atoms with Crippen molar-refractivity contribution in [1.82, 2.24) is 24.8 Å². The van der Waals surface area contributed by atoms with Gasteiger partial charge >= 0.3 is 0 Å². The number of hydrogen-bond donors (Lipinski definition) is 0. The lowest BCUT2D eigenvalue weighted by atomic mass is 10.1. The largest absolute Gasteiger partial charge is 0.346 e. The summed E-state index contributed by atoms with van der Waals surface area (Å²) in [6, 6.07) is 0. The standard InChI is InChI=1S/C19H28N6S/c1-3-4-18-20-11-15-13-24(6-5-17(15)22-18)14-16-12-21-19(26-16)25-9-7-23(2)8-10-25/h11-12H,3-10,13-14H2,1-2H3. The first kappa shape index (κ1) is 17.8. The molecule has 0 aliphatic carbocycles. The Morgan fingerprint density at radius 3 is 2.73 bits per heavy atom. The maximum absolute atomic E-state index is 4.76. The number of piperazine rings is 1. The quantitative estimate of drug-likeness (QED) is 0.802. The summed E-state index contributed by atoms with van der Waals surface area (Å²) in [4.78, 5) is 22.6. The van der Waals surface area contributed by atoms with Crippen molar-refractivity contribution in [3.05, 3.63) is 34.4 Å². The third-order valence-corrected chi connectivity index (χ3v) is 6.27. The highest BCUT2D eigenvalue weighted by Crippen LogP contribution is 2.26. The molecule has 0 amide bonds. The minimum Gasteiger partial charge on any atom is -0.346 e. The second-order valence-electron chi connectivity index (χ2n) is 7.37. The van der Waals surface area contributed by atoms with Crippen LogP contribution in [0.5, 0.6) is 0 Å². The van der Waals surface area contributed by atoms with E-state index in [1.807, 2.05) is 17.5 Å². The fraction of sp³-hybridized carbons (Fsp3) is 0.632. The highest BCUT2D eigenvalue weighted by molar-refractivity contribution is 7.15. The van der Waals surface area contributed by atoms with Gasteiger partial charge in [0.05, 0.1) is 0 Å². The molecule has 6 nitrogen and oxygen atoms in total. The highest BCUT2D eigenvalue weighted by Gasteiger charge is 2.21. The number of rotatable bonds is 5. The highest BCUT2D eigenvalue weighted by atomic mass is 32.1. The Morgan fingerprint density at radius 2 is 1.92 bits per heavy atom. The van der Waals surface area contributed by atoms with E-state index >= 15 is 0 Å². The van der Waals surface area contributed by atoms with E-state index in [1.54, 1.807) is 0 Å². The van der Waals surface area contributed by atoms with Crippen molar-refractivity contribution in [2.24, 2.45) is 0 Å². The van der Waals surface area contributed by atoms with Crippen LogP contribution in [0.25, 0.3) is 0 Å². The zero-order valence-electron chi connectivity index (χ0n) is 15.8. The molecule has 0 N–H and O–H groups in total. The van der Waals surface area contributed by atoms with Crippen LogP contribution in [-0.2, 0) is 25.9 Å².